The lowest BCUT2D eigenvalue weighted by Gasteiger charge is -2.25. The van der Waals surface area contributed by atoms with Crippen molar-refractivity contribution >= 4 is 27.8 Å². The van der Waals surface area contributed by atoms with Crippen LogP contribution >= 0.6 is 0 Å². The van der Waals surface area contributed by atoms with Gasteiger partial charge in [-0.2, -0.15) is 0 Å². The summed E-state index contributed by atoms with van der Waals surface area (Å²) in [4.78, 5) is 16.8. The molecule has 1 unspecified atom stereocenters. The van der Waals surface area contributed by atoms with Crippen LogP contribution in [0.15, 0.2) is 48.8 Å². The summed E-state index contributed by atoms with van der Waals surface area (Å²) in [6.45, 7) is 3.80. The third kappa shape index (κ3) is 1.82. The Kier molecular flexibility index (Phi) is 2.76. The predicted octanol–water partition coefficient (Wildman–Crippen LogP) is 3.29. The molecule has 1 aliphatic rings. The van der Waals surface area contributed by atoms with E-state index in [1.54, 1.807) is 12.3 Å². The lowest BCUT2D eigenvalue weighted by Crippen LogP contribution is -2.36. The molecule has 1 fully saturated rings. The van der Waals surface area contributed by atoms with Gasteiger partial charge in [0.1, 0.15) is 17.5 Å². The maximum absolute atomic E-state index is 13.7. The molecule has 0 spiro atoms. The molecule has 2 aromatic heterocycles. The van der Waals surface area contributed by atoms with Crippen LogP contribution in [0.4, 0.5) is 4.39 Å². The number of piperidine rings is 1. The van der Waals surface area contributed by atoms with Gasteiger partial charge in [-0.15, -0.1) is 0 Å². The number of amides is 1. The Bertz CT molecular complexity index is 928. The van der Waals surface area contributed by atoms with E-state index in [2.05, 4.69) is 16.9 Å². The molecule has 1 aromatic carbocycles. The fraction of sp³-hybridized carbons (Fsp3) is 0.176. The lowest BCUT2D eigenvalue weighted by molar-refractivity contribution is -0.124. The summed E-state index contributed by atoms with van der Waals surface area (Å²) in [5, 5.41) is 4.62. The van der Waals surface area contributed by atoms with Crippen LogP contribution in [-0.4, -0.2) is 15.5 Å². The topological polar surface area (TPSA) is 46.9 Å². The van der Waals surface area contributed by atoms with Crippen molar-refractivity contribution in [2.45, 2.75) is 18.9 Å². The minimum Gasteiger partial charge on any atom is -0.329 e. The van der Waals surface area contributed by atoms with Gasteiger partial charge in [-0.25, -0.2) is 9.37 Å². The van der Waals surface area contributed by atoms with E-state index in [1.165, 1.54) is 12.1 Å². The summed E-state index contributed by atoms with van der Waals surface area (Å²) < 4.78 is 15.6. The zero-order chi connectivity index (χ0) is 15.3. The van der Waals surface area contributed by atoms with E-state index in [-0.39, 0.29) is 11.7 Å². The monoisotopic (exact) mass is 295 g/mol. The highest BCUT2D eigenvalue weighted by Gasteiger charge is 2.28. The van der Waals surface area contributed by atoms with E-state index < -0.39 is 6.04 Å². The van der Waals surface area contributed by atoms with Gasteiger partial charge in [0.2, 0.25) is 5.91 Å². The molecule has 1 aliphatic heterocycles. The van der Waals surface area contributed by atoms with Gasteiger partial charge in [-0.3, -0.25) is 4.79 Å². The molecule has 3 aromatic rings. The molecular weight excluding hydrogens is 281 g/mol. The number of fused-ring (bicyclic) bond motifs is 3. The van der Waals surface area contributed by atoms with E-state index in [4.69, 9.17) is 0 Å². The summed E-state index contributed by atoms with van der Waals surface area (Å²) in [7, 11) is 0. The van der Waals surface area contributed by atoms with Crippen LogP contribution in [0.2, 0.25) is 0 Å². The van der Waals surface area contributed by atoms with Crippen molar-refractivity contribution in [2.75, 3.05) is 0 Å². The fourth-order valence-corrected chi connectivity index (χ4v) is 3.17. The number of carbonyl (C=O) groups excluding carboxylic acids is 1. The molecule has 0 bridgehead atoms. The molecule has 0 aliphatic carbocycles. The van der Waals surface area contributed by atoms with Gasteiger partial charge >= 0.3 is 0 Å². The summed E-state index contributed by atoms with van der Waals surface area (Å²) in [6, 6.07) is 8.03. The number of aromatic nitrogens is 2. The maximum atomic E-state index is 13.7. The average Bonchev–Trinajstić information content (AvgIpc) is 2.81. The highest BCUT2D eigenvalue weighted by atomic mass is 19.1. The van der Waals surface area contributed by atoms with Crippen LogP contribution < -0.4 is 5.32 Å². The van der Waals surface area contributed by atoms with E-state index in [9.17, 15) is 9.18 Å². The fourth-order valence-electron chi connectivity index (χ4n) is 3.17. The molecule has 5 heteroatoms. The molecule has 3 heterocycles. The van der Waals surface area contributed by atoms with E-state index in [1.807, 2.05) is 16.7 Å². The number of benzene rings is 1. The van der Waals surface area contributed by atoms with Gasteiger partial charge in [0.05, 0.1) is 5.52 Å². The van der Waals surface area contributed by atoms with Gasteiger partial charge < -0.3 is 9.88 Å². The zero-order valence-electron chi connectivity index (χ0n) is 11.8. The molecule has 22 heavy (non-hydrogen) atoms. The Balaban J connectivity index is 2.04. The number of nitrogens with one attached hydrogen (secondary N) is 1. The van der Waals surface area contributed by atoms with Crippen LogP contribution in [0.1, 0.15) is 18.9 Å². The Morgan fingerprint density at radius 2 is 2.18 bits per heavy atom. The minimum absolute atomic E-state index is 0.120. The number of rotatable bonds is 1. The normalized spacial score (nSPS) is 18.9. The number of nitrogens with zero attached hydrogens (tertiary/aromatic N) is 2. The van der Waals surface area contributed by atoms with Crippen molar-refractivity contribution in [3.63, 3.8) is 0 Å². The van der Waals surface area contributed by atoms with Crippen LogP contribution in [0.25, 0.3) is 21.9 Å². The van der Waals surface area contributed by atoms with Crippen molar-refractivity contribution < 1.29 is 9.18 Å². The number of halogens is 1. The van der Waals surface area contributed by atoms with Crippen LogP contribution in [-0.2, 0) is 4.79 Å². The predicted molar refractivity (Wildman–Crippen MR) is 82.8 cm³/mol. The molecule has 0 radical (unpaired) electrons. The quantitative estimate of drug-likeness (QED) is 0.749. The third-order valence-corrected chi connectivity index (χ3v) is 4.16. The van der Waals surface area contributed by atoms with Gasteiger partial charge in [0.25, 0.3) is 0 Å². The molecule has 1 amide bonds. The Morgan fingerprint density at radius 3 is 3.00 bits per heavy atom. The molecule has 110 valence electrons. The minimum atomic E-state index is -0.401. The first-order chi connectivity index (χ1) is 10.6. The van der Waals surface area contributed by atoms with Crippen molar-refractivity contribution in [1.29, 1.82) is 0 Å². The summed E-state index contributed by atoms with van der Waals surface area (Å²) in [5.41, 5.74) is 2.12. The highest BCUT2D eigenvalue weighted by Crippen LogP contribution is 2.34. The smallest absolute Gasteiger partial charge is 0.247 e. The van der Waals surface area contributed by atoms with Crippen LogP contribution in [0.5, 0.6) is 0 Å². The molecule has 1 saturated heterocycles. The zero-order valence-corrected chi connectivity index (χ0v) is 11.8. The number of hydrogen-bond acceptors (Lipinski definition) is 2. The number of carbonyl (C=O) groups is 1. The van der Waals surface area contributed by atoms with Gasteiger partial charge in [0, 0.05) is 22.7 Å². The van der Waals surface area contributed by atoms with Gasteiger partial charge in [-0.05, 0) is 43.2 Å². The summed E-state index contributed by atoms with van der Waals surface area (Å²) in [6.07, 6.45) is 3.03. The first kappa shape index (κ1) is 13.0. The summed E-state index contributed by atoms with van der Waals surface area (Å²) in [5.74, 6) is -0.442. The van der Waals surface area contributed by atoms with Crippen molar-refractivity contribution in [1.82, 2.24) is 14.9 Å². The molecule has 4 nitrogen and oxygen atoms in total. The number of pyridine rings is 1. The maximum Gasteiger partial charge on any atom is 0.247 e. The second kappa shape index (κ2) is 4.66. The van der Waals surface area contributed by atoms with Crippen molar-refractivity contribution in [3.8, 4) is 0 Å². The van der Waals surface area contributed by atoms with E-state index in [0.717, 1.165) is 16.5 Å². The van der Waals surface area contributed by atoms with Crippen LogP contribution in [0.3, 0.4) is 0 Å². The Morgan fingerprint density at radius 1 is 1.32 bits per heavy atom. The number of hydrogen-bond donors (Lipinski definition) is 1. The second-order valence-corrected chi connectivity index (χ2v) is 5.55. The molecule has 4 rings (SSSR count). The average molecular weight is 295 g/mol. The lowest BCUT2D eigenvalue weighted by atomic mass is 10.0. The van der Waals surface area contributed by atoms with E-state index in [0.29, 0.717) is 24.0 Å². The first-order valence-electron chi connectivity index (χ1n) is 7.18. The highest BCUT2D eigenvalue weighted by molar-refractivity contribution is 6.07. The SMILES string of the molecule is C=C1CCC(n2c3cc(F)ccc3c3cccnc32)C(=O)N1. The Hall–Kier alpha value is -2.69. The van der Waals surface area contributed by atoms with Crippen molar-refractivity contribution in [3.05, 3.63) is 54.6 Å². The van der Waals surface area contributed by atoms with E-state index >= 15 is 0 Å². The summed E-state index contributed by atoms with van der Waals surface area (Å²) >= 11 is 0. The van der Waals surface area contributed by atoms with Gasteiger partial charge in [0.15, 0.2) is 0 Å². The van der Waals surface area contributed by atoms with Crippen LogP contribution in [0, 0.1) is 5.82 Å². The third-order valence-electron chi connectivity index (χ3n) is 4.16. The Labute approximate surface area is 126 Å². The number of allylic oxidation sites excluding steroid dienone is 1. The van der Waals surface area contributed by atoms with Gasteiger partial charge in [-0.1, -0.05) is 6.58 Å². The second-order valence-electron chi connectivity index (χ2n) is 5.55. The molecule has 1 atom stereocenters. The standard InChI is InChI=1S/C17H14FN3O/c1-10-4-7-14(17(22)20-10)21-15-9-11(18)5-6-12(15)13-3-2-8-19-16(13)21/h2-3,5-6,8-9,14H,1,4,7H2,(H,20,22). The molecule has 1 N–H and O–H groups in total. The largest absolute Gasteiger partial charge is 0.329 e. The van der Waals surface area contributed by atoms with Crippen molar-refractivity contribution in [2.24, 2.45) is 0 Å². The molecule has 0 saturated carbocycles. The first-order valence-corrected chi connectivity index (χ1v) is 7.18. The molecular formula is C17H14FN3O.